The van der Waals surface area contributed by atoms with Gasteiger partial charge in [-0.2, -0.15) is 0 Å². The summed E-state index contributed by atoms with van der Waals surface area (Å²) in [5.41, 5.74) is 8.83. The summed E-state index contributed by atoms with van der Waals surface area (Å²) in [6.45, 7) is 0.815. The molecule has 0 aliphatic heterocycles. The standard InChI is InChI=1S/C16H21N3O/c17-14-7-8-15(16-13(14)6-3-9-18-16)19(10-11-20)12-4-1-2-5-12/h3,6-9,12,20H,1-2,4-5,10-11,17H2. The second-order valence-electron chi connectivity index (χ2n) is 5.43. The van der Waals surface area contributed by atoms with Gasteiger partial charge in [-0.15, -0.1) is 0 Å². The van der Waals surface area contributed by atoms with Crippen molar-refractivity contribution in [1.29, 1.82) is 0 Å². The van der Waals surface area contributed by atoms with E-state index in [9.17, 15) is 5.11 Å². The quantitative estimate of drug-likeness (QED) is 0.839. The van der Waals surface area contributed by atoms with Crippen molar-refractivity contribution >= 4 is 22.3 Å². The summed E-state index contributed by atoms with van der Waals surface area (Å²) in [6.07, 6.45) is 6.73. The summed E-state index contributed by atoms with van der Waals surface area (Å²) >= 11 is 0. The molecule has 1 aliphatic carbocycles. The normalized spacial score (nSPS) is 15.8. The first-order valence-corrected chi connectivity index (χ1v) is 7.32. The van der Waals surface area contributed by atoms with E-state index in [0.29, 0.717) is 12.6 Å². The van der Waals surface area contributed by atoms with Crippen molar-refractivity contribution in [3.63, 3.8) is 0 Å². The lowest BCUT2D eigenvalue weighted by Gasteiger charge is -2.31. The van der Waals surface area contributed by atoms with Crippen LogP contribution < -0.4 is 10.6 Å². The number of aliphatic hydroxyl groups is 1. The number of anilines is 2. The van der Waals surface area contributed by atoms with Crippen molar-refractivity contribution < 1.29 is 5.11 Å². The van der Waals surface area contributed by atoms with Crippen molar-refractivity contribution in [2.45, 2.75) is 31.7 Å². The van der Waals surface area contributed by atoms with Gasteiger partial charge in [0.25, 0.3) is 0 Å². The van der Waals surface area contributed by atoms with Gasteiger partial charge in [-0.05, 0) is 37.1 Å². The van der Waals surface area contributed by atoms with E-state index in [1.807, 2.05) is 24.3 Å². The Morgan fingerprint density at radius 3 is 2.80 bits per heavy atom. The largest absolute Gasteiger partial charge is 0.398 e. The van der Waals surface area contributed by atoms with Crippen LogP contribution in [0.3, 0.4) is 0 Å². The van der Waals surface area contributed by atoms with Crippen LogP contribution in [-0.4, -0.2) is 29.3 Å². The smallest absolute Gasteiger partial charge is 0.0956 e. The average molecular weight is 271 g/mol. The van der Waals surface area contributed by atoms with Gasteiger partial charge in [0.05, 0.1) is 17.8 Å². The van der Waals surface area contributed by atoms with Crippen molar-refractivity contribution in [2.75, 3.05) is 23.8 Å². The second-order valence-corrected chi connectivity index (χ2v) is 5.43. The Labute approximate surface area is 119 Å². The van der Waals surface area contributed by atoms with Crippen molar-refractivity contribution in [3.8, 4) is 0 Å². The van der Waals surface area contributed by atoms with Crippen LogP contribution in [0.4, 0.5) is 11.4 Å². The summed E-state index contributed by atoms with van der Waals surface area (Å²) < 4.78 is 0. The average Bonchev–Trinajstić information content (AvgIpc) is 3.00. The molecule has 20 heavy (non-hydrogen) atoms. The van der Waals surface area contributed by atoms with Gasteiger partial charge in [0.1, 0.15) is 0 Å². The molecule has 3 rings (SSSR count). The number of nitrogens with zero attached hydrogens (tertiary/aromatic N) is 2. The number of benzene rings is 1. The molecular weight excluding hydrogens is 250 g/mol. The van der Waals surface area contributed by atoms with Gasteiger partial charge < -0.3 is 15.7 Å². The van der Waals surface area contributed by atoms with Crippen LogP contribution in [0, 0.1) is 0 Å². The Morgan fingerprint density at radius 2 is 2.05 bits per heavy atom. The van der Waals surface area contributed by atoms with Crippen LogP contribution >= 0.6 is 0 Å². The Balaban J connectivity index is 2.08. The minimum Gasteiger partial charge on any atom is -0.398 e. The number of fused-ring (bicyclic) bond motifs is 1. The first-order valence-electron chi connectivity index (χ1n) is 7.32. The minimum absolute atomic E-state index is 0.162. The van der Waals surface area contributed by atoms with E-state index in [-0.39, 0.29) is 6.61 Å². The maximum Gasteiger partial charge on any atom is 0.0956 e. The molecule has 1 saturated carbocycles. The zero-order valence-electron chi connectivity index (χ0n) is 11.6. The number of nitrogens with two attached hydrogens (primary N) is 1. The summed E-state index contributed by atoms with van der Waals surface area (Å²) in [5, 5.41) is 10.4. The fourth-order valence-electron chi connectivity index (χ4n) is 3.23. The molecule has 1 aromatic carbocycles. The molecule has 106 valence electrons. The van der Waals surface area contributed by atoms with Crippen LogP contribution in [0.15, 0.2) is 30.5 Å². The highest BCUT2D eigenvalue weighted by atomic mass is 16.3. The highest BCUT2D eigenvalue weighted by molar-refractivity contribution is 5.98. The number of rotatable bonds is 4. The fraction of sp³-hybridized carbons (Fsp3) is 0.438. The van der Waals surface area contributed by atoms with Crippen LogP contribution in [0.25, 0.3) is 10.9 Å². The predicted octanol–water partition coefficient (Wildman–Crippen LogP) is 2.56. The van der Waals surface area contributed by atoms with E-state index in [1.54, 1.807) is 6.20 Å². The van der Waals surface area contributed by atoms with Crippen LogP contribution in [0.5, 0.6) is 0 Å². The van der Waals surface area contributed by atoms with Gasteiger partial charge >= 0.3 is 0 Å². The maximum atomic E-state index is 9.40. The molecule has 0 bridgehead atoms. The van der Waals surface area contributed by atoms with E-state index in [1.165, 1.54) is 25.7 Å². The summed E-state index contributed by atoms with van der Waals surface area (Å²) in [5.74, 6) is 0. The lowest BCUT2D eigenvalue weighted by Crippen LogP contribution is -2.35. The van der Waals surface area contributed by atoms with Crippen LogP contribution in [-0.2, 0) is 0 Å². The van der Waals surface area contributed by atoms with E-state index in [4.69, 9.17) is 5.73 Å². The zero-order chi connectivity index (χ0) is 13.9. The lowest BCUT2D eigenvalue weighted by molar-refractivity contribution is 0.297. The fourth-order valence-corrected chi connectivity index (χ4v) is 3.23. The molecule has 1 aliphatic rings. The van der Waals surface area contributed by atoms with Gasteiger partial charge in [0.2, 0.25) is 0 Å². The first kappa shape index (κ1) is 13.2. The van der Waals surface area contributed by atoms with E-state index < -0.39 is 0 Å². The SMILES string of the molecule is Nc1ccc(N(CCO)C2CCCC2)c2ncccc12. The number of aromatic nitrogens is 1. The molecule has 0 spiro atoms. The summed E-state index contributed by atoms with van der Waals surface area (Å²) in [7, 11) is 0. The van der Waals surface area contributed by atoms with Crippen LogP contribution in [0.1, 0.15) is 25.7 Å². The van der Waals surface area contributed by atoms with E-state index in [2.05, 4.69) is 9.88 Å². The molecule has 1 fully saturated rings. The van der Waals surface area contributed by atoms with Crippen LogP contribution in [0.2, 0.25) is 0 Å². The Bertz CT molecular complexity index is 593. The molecule has 0 amide bonds. The summed E-state index contributed by atoms with van der Waals surface area (Å²) in [6, 6.07) is 8.41. The molecule has 4 heteroatoms. The molecule has 3 N–H and O–H groups in total. The van der Waals surface area contributed by atoms with E-state index in [0.717, 1.165) is 22.3 Å². The maximum absolute atomic E-state index is 9.40. The topological polar surface area (TPSA) is 62.4 Å². The van der Waals surface area contributed by atoms with Gasteiger partial charge in [-0.1, -0.05) is 12.8 Å². The van der Waals surface area contributed by atoms with Gasteiger partial charge in [-0.25, -0.2) is 0 Å². The lowest BCUT2D eigenvalue weighted by atomic mass is 10.1. The molecule has 1 heterocycles. The second kappa shape index (κ2) is 5.67. The number of nitrogen functional groups attached to an aromatic ring is 1. The summed E-state index contributed by atoms with van der Waals surface area (Å²) in [4.78, 5) is 6.82. The number of hydrogen-bond acceptors (Lipinski definition) is 4. The molecule has 2 aromatic rings. The number of pyridine rings is 1. The third-order valence-electron chi connectivity index (χ3n) is 4.20. The minimum atomic E-state index is 0.162. The third kappa shape index (κ3) is 2.31. The Kier molecular flexibility index (Phi) is 3.74. The number of aliphatic hydroxyl groups excluding tert-OH is 1. The monoisotopic (exact) mass is 271 g/mol. The molecule has 0 atom stereocenters. The zero-order valence-corrected chi connectivity index (χ0v) is 11.6. The first-order chi connectivity index (χ1) is 9.81. The van der Waals surface area contributed by atoms with Crippen molar-refractivity contribution in [3.05, 3.63) is 30.5 Å². The highest BCUT2D eigenvalue weighted by Gasteiger charge is 2.24. The van der Waals surface area contributed by atoms with Gasteiger partial charge in [0.15, 0.2) is 0 Å². The molecule has 0 radical (unpaired) electrons. The number of hydrogen-bond donors (Lipinski definition) is 2. The Morgan fingerprint density at radius 1 is 1.25 bits per heavy atom. The Hall–Kier alpha value is -1.81. The molecule has 0 saturated heterocycles. The highest BCUT2D eigenvalue weighted by Crippen LogP contribution is 2.34. The predicted molar refractivity (Wildman–Crippen MR) is 82.8 cm³/mol. The van der Waals surface area contributed by atoms with Crippen molar-refractivity contribution in [2.24, 2.45) is 0 Å². The van der Waals surface area contributed by atoms with Gasteiger partial charge in [-0.3, -0.25) is 4.98 Å². The van der Waals surface area contributed by atoms with E-state index >= 15 is 0 Å². The molecule has 4 nitrogen and oxygen atoms in total. The third-order valence-corrected chi connectivity index (χ3v) is 4.20. The molecule has 1 aromatic heterocycles. The molecular formula is C16H21N3O. The molecule has 0 unspecified atom stereocenters. The van der Waals surface area contributed by atoms with Gasteiger partial charge in [0, 0.05) is 29.9 Å². The van der Waals surface area contributed by atoms with Crippen molar-refractivity contribution in [1.82, 2.24) is 4.98 Å².